The Morgan fingerprint density at radius 2 is 1.90 bits per heavy atom. The van der Waals surface area contributed by atoms with Gasteiger partial charge in [0.1, 0.15) is 4.60 Å². The topological polar surface area (TPSA) is 118 Å². The molecule has 210 valence electrons. The van der Waals surface area contributed by atoms with E-state index in [1.54, 1.807) is 17.1 Å². The van der Waals surface area contributed by atoms with E-state index >= 15 is 0 Å². The van der Waals surface area contributed by atoms with E-state index in [0.29, 0.717) is 29.0 Å². The van der Waals surface area contributed by atoms with Crippen LogP contribution in [0.3, 0.4) is 0 Å². The van der Waals surface area contributed by atoms with Gasteiger partial charge in [-0.25, -0.2) is 9.67 Å². The van der Waals surface area contributed by atoms with E-state index in [1.165, 1.54) is 0 Å². The van der Waals surface area contributed by atoms with Gasteiger partial charge in [-0.2, -0.15) is 23.3 Å². The molecule has 4 aromatic rings. The second kappa shape index (κ2) is 10.3. The number of benzene rings is 1. The van der Waals surface area contributed by atoms with Crippen molar-refractivity contribution >= 4 is 49.7 Å². The molecule has 0 aliphatic heterocycles. The molecular formula is C27H27BrF3N7O2. The van der Waals surface area contributed by atoms with Crippen LogP contribution in [0.2, 0.25) is 0 Å². The van der Waals surface area contributed by atoms with Gasteiger partial charge in [0.15, 0.2) is 11.2 Å². The fraction of sp³-hybridized carbons (Fsp3) is 0.444. The summed E-state index contributed by atoms with van der Waals surface area (Å²) in [7, 11) is 0. The van der Waals surface area contributed by atoms with Gasteiger partial charge in [-0.3, -0.25) is 9.78 Å². The molecule has 9 nitrogen and oxygen atoms in total. The number of rotatable bonds is 5. The van der Waals surface area contributed by atoms with Gasteiger partial charge >= 0.3 is 6.18 Å². The highest BCUT2D eigenvalue weighted by Crippen LogP contribution is 2.41. The highest BCUT2D eigenvalue weighted by atomic mass is 79.9. The van der Waals surface area contributed by atoms with Crippen molar-refractivity contribution in [2.45, 2.75) is 68.8 Å². The predicted molar refractivity (Wildman–Crippen MR) is 146 cm³/mol. The fourth-order valence-corrected chi connectivity index (χ4v) is 6.13. The van der Waals surface area contributed by atoms with Crippen LogP contribution in [0.5, 0.6) is 0 Å². The van der Waals surface area contributed by atoms with Crippen molar-refractivity contribution in [3.05, 3.63) is 47.3 Å². The summed E-state index contributed by atoms with van der Waals surface area (Å²) in [6.07, 6.45) is 0.131. The van der Waals surface area contributed by atoms with Gasteiger partial charge in [0.2, 0.25) is 11.9 Å². The third-order valence-corrected chi connectivity index (χ3v) is 8.62. The van der Waals surface area contributed by atoms with Crippen molar-refractivity contribution in [1.29, 1.82) is 0 Å². The molecule has 2 saturated carbocycles. The Morgan fingerprint density at radius 1 is 1.10 bits per heavy atom. The molecule has 2 aliphatic carbocycles. The van der Waals surface area contributed by atoms with E-state index in [2.05, 4.69) is 41.6 Å². The molecule has 0 radical (unpaired) electrons. The highest BCUT2D eigenvalue weighted by Gasteiger charge is 2.54. The number of aliphatic hydroxyl groups is 1. The maximum absolute atomic E-state index is 13.1. The number of aromatic nitrogens is 5. The lowest BCUT2D eigenvalue weighted by molar-refractivity contribution is -0.270. The minimum Gasteiger partial charge on any atom is -0.380 e. The quantitative estimate of drug-likeness (QED) is 0.286. The third-order valence-electron chi connectivity index (χ3n) is 8.03. The van der Waals surface area contributed by atoms with Crippen LogP contribution in [0.1, 0.15) is 44.9 Å². The van der Waals surface area contributed by atoms with E-state index in [1.807, 2.05) is 30.3 Å². The van der Waals surface area contributed by atoms with Gasteiger partial charge in [-0.1, -0.05) is 6.07 Å². The molecule has 0 unspecified atom stereocenters. The van der Waals surface area contributed by atoms with Gasteiger partial charge in [0.25, 0.3) is 0 Å². The summed E-state index contributed by atoms with van der Waals surface area (Å²) in [5.41, 5.74) is -0.329. The molecule has 13 heteroatoms. The number of carbonyl (C=O) groups is 1. The summed E-state index contributed by atoms with van der Waals surface area (Å²) in [5, 5.41) is 22.4. The second-order valence-corrected chi connectivity index (χ2v) is 11.4. The number of hydrogen-bond acceptors (Lipinski definition) is 7. The molecule has 40 heavy (non-hydrogen) atoms. The van der Waals surface area contributed by atoms with E-state index in [9.17, 15) is 23.1 Å². The molecule has 1 aromatic carbocycles. The number of hydrogen-bond donors (Lipinski definition) is 3. The van der Waals surface area contributed by atoms with Gasteiger partial charge in [0.05, 0.1) is 16.6 Å². The number of carbonyl (C=O) groups excluding carboxylic acids is 1. The molecule has 6 rings (SSSR count). The lowest BCUT2D eigenvalue weighted by atomic mass is 9.81. The van der Waals surface area contributed by atoms with E-state index in [0.717, 1.165) is 28.4 Å². The molecule has 0 spiro atoms. The first-order valence-electron chi connectivity index (χ1n) is 13.2. The SMILES string of the molecule is O=C(NC1CCC(O)(C(F)(F)F)CC1)[C@@H]1CC[C@@H](Nc2ncc3c(Br)nn(-c4ccc5ncccc5c4)c3n2)C1. The van der Waals surface area contributed by atoms with Crippen LogP contribution in [0, 0.1) is 5.92 Å². The van der Waals surface area contributed by atoms with Gasteiger partial charge in [-0.15, -0.1) is 0 Å². The van der Waals surface area contributed by atoms with Gasteiger partial charge < -0.3 is 15.7 Å². The molecule has 3 N–H and O–H groups in total. The average molecular weight is 618 g/mol. The molecule has 2 aliphatic rings. The average Bonchev–Trinajstić information content (AvgIpc) is 3.53. The van der Waals surface area contributed by atoms with Crippen LogP contribution in [0.15, 0.2) is 47.3 Å². The second-order valence-electron chi connectivity index (χ2n) is 10.7. The molecule has 1 amide bonds. The molecule has 2 fully saturated rings. The third kappa shape index (κ3) is 5.12. The molecule has 2 atom stereocenters. The van der Waals surface area contributed by atoms with Crippen molar-refractivity contribution in [2.75, 3.05) is 5.32 Å². The molecule has 3 aromatic heterocycles. The van der Waals surface area contributed by atoms with E-state index in [-0.39, 0.29) is 36.8 Å². The van der Waals surface area contributed by atoms with Crippen LogP contribution in [0.25, 0.3) is 27.6 Å². The van der Waals surface area contributed by atoms with Crippen LogP contribution in [-0.2, 0) is 4.79 Å². The van der Waals surface area contributed by atoms with E-state index < -0.39 is 24.6 Å². The Morgan fingerprint density at radius 3 is 2.67 bits per heavy atom. The van der Waals surface area contributed by atoms with Crippen molar-refractivity contribution in [1.82, 2.24) is 30.0 Å². The van der Waals surface area contributed by atoms with Crippen molar-refractivity contribution < 1.29 is 23.1 Å². The summed E-state index contributed by atoms with van der Waals surface area (Å²) < 4.78 is 41.6. The summed E-state index contributed by atoms with van der Waals surface area (Å²) in [5.74, 6) is 0.0137. The minimum absolute atomic E-state index is 0.0265. The number of nitrogens with one attached hydrogen (secondary N) is 2. The van der Waals surface area contributed by atoms with Crippen LogP contribution < -0.4 is 10.6 Å². The van der Waals surface area contributed by atoms with Crippen molar-refractivity contribution in [3.8, 4) is 5.69 Å². The lowest BCUT2D eigenvalue weighted by Gasteiger charge is -2.37. The van der Waals surface area contributed by atoms with Gasteiger partial charge in [-0.05, 0) is 85.1 Å². The zero-order chi connectivity index (χ0) is 28.1. The number of nitrogens with zero attached hydrogens (tertiary/aromatic N) is 5. The summed E-state index contributed by atoms with van der Waals surface area (Å²) in [4.78, 5) is 26.4. The van der Waals surface area contributed by atoms with Crippen molar-refractivity contribution in [3.63, 3.8) is 0 Å². The first-order valence-corrected chi connectivity index (χ1v) is 14.0. The minimum atomic E-state index is -4.65. The normalized spacial score (nSPS) is 25.4. The number of anilines is 1. The fourth-order valence-electron chi connectivity index (χ4n) is 5.69. The first kappa shape index (κ1) is 26.9. The summed E-state index contributed by atoms with van der Waals surface area (Å²) >= 11 is 3.50. The van der Waals surface area contributed by atoms with Crippen LogP contribution in [-0.4, -0.2) is 59.6 Å². The molecule has 0 saturated heterocycles. The largest absolute Gasteiger partial charge is 0.417 e. The Hall–Kier alpha value is -3.32. The summed E-state index contributed by atoms with van der Waals surface area (Å²) in [6.45, 7) is 0. The predicted octanol–water partition coefficient (Wildman–Crippen LogP) is 5.06. The van der Waals surface area contributed by atoms with Crippen LogP contribution in [0.4, 0.5) is 19.1 Å². The maximum Gasteiger partial charge on any atom is 0.417 e. The lowest BCUT2D eigenvalue weighted by Crippen LogP contribution is -2.51. The Kier molecular flexibility index (Phi) is 6.89. The number of pyridine rings is 1. The Labute approximate surface area is 235 Å². The standard InChI is InChI=1S/C27H27BrF3N7O2/c28-22-20-14-33-25(36-23(20)38(37-22)19-5-6-21-15(13-19)2-1-11-32-21)35-18-4-3-16(12-18)24(39)34-17-7-9-26(40,10-8-17)27(29,30)31/h1-2,5-6,11,13-14,16-18,40H,3-4,7-10,12H2,(H,34,39)(H,33,35,36)/t16-,17?,18-,26?/m1/s1. The molecular weight excluding hydrogens is 591 g/mol. The maximum atomic E-state index is 13.1. The Bertz CT molecular complexity index is 1570. The first-order chi connectivity index (χ1) is 19.1. The molecule has 3 heterocycles. The van der Waals surface area contributed by atoms with Crippen LogP contribution >= 0.6 is 15.9 Å². The van der Waals surface area contributed by atoms with Gasteiger partial charge in [0, 0.05) is 35.8 Å². The van der Waals surface area contributed by atoms with Crippen molar-refractivity contribution in [2.24, 2.45) is 5.92 Å². The number of amides is 1. The molecule has 0 bridgehead atoms. The smallest absolute Gasteiger partial charge is 0.380 e. The van der Waals surface area contributed by atoms with E-state index in [4.69, 9.17) is 4.98 Å². The number of halogens is 4. The monoisotopic (exact) mass is 617 g/mol. The zero-order valence-electron chi connectivity index (χ0n) is 21.3. The Balaban J connectivity index is 1.11. The highest BCUT2D eigenvalue weighted by molar-refractivity contribution is 9.10. The number of fused-ring (bicyclic) bond motifs is 2. The summed E-state index contributed by atoms with van der Waals surface area (Å²) in [6, 6.07) is 9.33. The number of alkyl halides is 3. The zero-order valence-corrected chi connectivity index (χ0v) is 22.9.